The summed E-state index contributed by atoms with van der Waals surface area (Å²) in [5.74, 6) is 1.83. The van der Waals surface area contributed by atoms with Crippen molar-refractivity contribution in [1.82, 2.24) is 9.80 Å². The highest BCUT2D eigenvalue weighted by Gasteiger charge is 2.26. The molecule has 0 aliphatic carbocycles. The summed E-state index contributed by atoms with van der Waals surface area (Å²) in [7, 11) is 4.03. The molecule has 1 rings (SSSR count). The quantitative estimate of drug-likeness (QED) is 0.686. The van der Waals surface area contributed by atoms with Crippen LogP contribution in [-0.4, -0.2) is 67.0 Å². The number of carbonyl (C=O) groups excluding carboxylic acids is 1. The normalized spacial score (nSPS) is 23.3. The number of amides is 1. The van der Waals surface area contributed by atoms with Gasteiger partial charge in [0.15, 0.2) is 0 Å². The highest BCUT2D eigenvalue weighted by atomic mass is 32.2. The molecule has 4 nitrogen and oxygen atoms in total. The van der Waals surface area contributed by atoms with Gasteiger partial charge in [-0.2, -0.15) is 0 Å². The van der Waals surface area contributed by atoms with Crippen molar-refractivity contribution in [3.63, 3.8) is 0 Å². The molecular formula is C9H19N3OS. The molecule has 0 saturated carbocycles. The van der Waals surface area contributed by atoms with Crippen LogP contribution in [-0.2, 0) is 4.79 Å². The van der Waals surface area contributed by atoms with E-state index in [0.717, 1.165) is 18.8 Å². The monoisotopic (exact) mass is 217 g/mol. The molecule has 0 aromatic heterocycles. The maximum Gasteiger partial charge on any atom is 0.232 e. The lowest BCUT2D eigenvalue weighted by molar-refractivity contribution is -0.130. The van der Waals surface area contributed by atoms with Crippen molar-refractivity contribution in [3.05, 3.63) is 0 Å². The first-order valence-corrected chi connectivity index (χ1v) is 6.02. The average molecular weight is 217 g/mol. The van der Waals surface area contributed by atoms with Gasteiger partial charge < -0.3 is 15.5 Å². The van der Waals surface area contributed by atoms with Crippen molar-refractivity contribution in [3.8, 4) is 0 Å². The first-order valence-electron chi connectivity index (χ1n) is 4.87. The van der Waals surface area contributed by atoms with Gasteiger partial charge in [-0.15, -0.1) is 11.8 Å². The minimum atomic E-state index is 0.235. The predicted molar refractivity (Wildman–Crippen MR) is 60.4 cm³/mol. The molecule has 1 saturated heterocycles. The van der Waals surface area contributed by atoms with Crippen LogP contribution in [0.25, 0.3) is 0 Å². The summed E-state index contributed by atoms with van der Waals surface area (Å²) in [5, 5.41) is 0. The molecule has 1 amide bonds. The predicted octanol–water partition coefficient (Wildman–Crippen LogP) is -0.549. The molecule has 1 heterocycles. The summed E-state index contributed by atoms with van der Waals surface area (Å²) in [6.07, 6.45) is 0. The molecule has 1 fully saturated rings. The van der Waals surface area contributed by atoms with E-state index >= 15 is 0 Å². The van der Waals surface area contributed by atoms with E-state index in [2.05, 4.69) is 4.90 Å². The Morgan fingerprint density at radius 3 is 2.93 bits per heavy atom. The first-order chi connectivity index (χ1) is 6.65. The molecule has 0 aromatic rings. The molecule has 0 radical (unpaired) electrons. The highest BCUT2D eigenvalue weighted by Crippen LogP contribution is 2.16. The van der Waals surface area contributed by atoms with E-state index in [-0.39, 0.29) is 11.9 Å². The van der Waals surface area contributed by atoms with E-state index in [0.29, 0.717) is 12.3 Å². The fourth-order valence-corrected chi connectivity index (χ4v) is 2.52. The van der Waals surface area contributed by atoms with Gasteiger partial charge >= 0.3 is 0 Å². The fraction of sp³-hybridized carbons (Fsp3) is 0.889. The van der Waals surface area contributed by atoms with Gasteiger partial charge in [0.1, 0.15) is 0 Å². The number of nitrogens with two attached hydrogens (primary N) is 1. The molecular weight excluding hydrogens is 198 g/mol. The second kappa shape index (κ2) is 5.58. The van der Waals surface area contributed by atoms with E-state index in [9.17, 15) is 4.79 Å². The van der Waals surface area contributed by atoms with Crippen LogP contribution < -0.4 is 5.73 Å². The number of thioether (sulfide) groups is 1. The fourth-order valence-electron chi connectivity index (χ4n) is 1.47. The van der Waals surface area contributed by atoms with Gasteiger partial charge in [0, 0.05) is 25.4 Å². The molecule has 1 unspecified atom stereocenters. The molecule has 5 heteroatoms. The van der Waals surface area contributed by atoms with Crippen LogP contribution in [0, 0.1) is 0 Å². The molecule has 0 spiro atoms. The SMILES string of the molecule is CN(C)CCN1C(=O)CSCC1CN. The number of rotatable bonds is 4. The third-order valence-electron chi connectivity index (χ3n) is 2.36. The Morgan fingerprint density at radius 2 is 2.36 bits per heavy atom. The maximum atomic E-state index is 11.6. The van der Waals surface area contributed by atoms with E-state index in [1.807, 2.05) is 19.0 Å². The Balaban J connectivity index is 2.46. The van der Waals surface area contributed by atoms with Crippen LogP contribution in [0.3, 0.4) is 0 Å². The molecule has 1 aliphatic heterocycles. The van der Waals surface area contributed by atoms with Crippen LogP contribution in [0.15, 0.2) is 0 Å². The lowest BCUT2D eigenvalue weighted by atomic mass is 10.2. The lowest BCUT2D eigenvalue weighted by Crippen LogP contribution is -2.51. The largest absolute Gasteiger partial charge is 0.336 e. The Labute approximate surface area is 89.8 Å². The summed E-state index contributed by atoms with van der Waals surface area (Å²) in [4.78, 5) is 15.6. The molecule has 0 bridgehead atoms. The van der Waals surface area contributed by atoms with Crippen molar-refractivity contribution >= 4 is 17.7 Å². The van der Waals surface area contributed by atoms with Crippen LogP contribution in [0.2, 0.25) is 0 Å². The number of nitrogens with zero attached hydrogens (tertiary/aromatic N) is 2. The summed E-state index contributed by atoms with van der Waals surface area (Å²) in [6, 6.07) is 0.237. The highest BCUT2D eigenvalue weighted by molar-refractivity contribution is 8.00. The third kappa shape index (κ3) is 3.15. The molecule has 0 aromatic carbocycles. The summed E-state index contributed by atoms with van der Waals surface area (Å²) >= 11 is 1.69. The van der Waals surface area contributed by atoms with E-state index < -0.39 is 0 Å². The minimum Gasteiger partial charge on any atom is -0.336 e. The zero-order valence-electron chi connectivity index (χ0n) is 8.90. The van der Waals surface area contributed by atoms with Crippen molar-refractivity contribution in [1.29, 1.82) is 0 Å². The van der Waals surface area contributed by atoms with Crippen LogP contribution in [0.5, 0.6) is 0 Å². The number of carbonyl (C=O) groups is 1. The minimum absolute atomic E-state index is 0.235. The summed E-state index contributed by atoms with van der Waals surface area (Å²) < 4.78 is 0. The average Bonchev–Trinajstić information content (AvgIpc) is 2.15. The number of hydrogen-bond acceptors (Lipinski definition) is 4. The van der Waals surface area contributed by atoms with Gasteiger partial charge in [0.2, 0.25) is 5.91 Å². The molecule has 1 atom stereocenters. The van der Waals surface area contributed by atoms with Crippen LogP contribution >= 0.6 is 11.8 Å². The van der Waals surface area contributed by atoms with Crippen molar-refractivity contribution < 1.29 is 4.79 Å². The third-order valence-corrected chi connectivity index (χ3v) is 3.43. The topological polar surface area (TPSA) is 49.6 Å². The van der Waals surface area contributed by atoms with Gasteiger partial charge in [0.25, 0.3) is 0 Å². The van der Waals surface area contributed by atoms with Gasteiger partial charge in [-0.05, 0) is 14.1 Å². The smallest absolute Gasteiger partial charge is 0.232 e. The standard InChI is InChI=1S/C9H19N3OS/c1-11(2)3-4-12-8(5-10)6-14-7-9(12)13/h8H,3-7,10H2,1-2H3. The molecule has 14 heavy (non-hydrogen) atoms. The van der Waals surface area contributed by atoms with E-state index in [1.165, 1.54) is 0 Å². The van der Waals surface area contributed by atoms with Crippen molar-refractivity contribution in [2.24, 2.45) is 5.73 Å². The van der Waals surface area contributed by atoms with Crippen molar-refractivity contribution in [2.45, 2.75) is 6.04 Å². The maximum absolute atomic E-state index is 11.6. The van der Waals surface area contributed by atoms with Gasteiger partial charge in [0.05, 0.1) is 11.8 Å². The zero-order valence-corrected chi connectivity index (χ0v) is 9.72. The lowest BCUT2D eigenvalue weighted by Gasteiger charge is -2.35. The van der Waals surface area contributed by atoms with Crippen molar-refractivity contribution in [2.75, 3.05) is 45.2 Å². The van der Waals surface area contributed by atoms with E-state index in [4.69, 9.17) is 5.73 Å². The molecule has 2 N–H and O–H groups in total. The molecule has 1 aliphatic rings. The van der Waals surface area contributed by atoms with E-state index in [1.54, 1.807) is 11.8 Å². The first kappa shape index (κ1) is 11.8. The van der Waals surface area contributed by atoms with Crippen LogP contribution in [0.1, 0.15) is 0 Å². The Morgan fingerprint density at radius 1 is 1.64 bits per heavy atom. The van der Waals surface area contributed by atoms with Gasteiger partial charge in [-0.25, -0.2) is 0 Å². The Kier molecular flexibility index (Phi) is 4.71. The zero-order chi connectivity index (χ0) is 10.6. The number of likely N-dealkylation sites (N-methyl/N-ethyl adjacent to an activating group) is 1. The van der Waals surface area contributed by atoms with Gasteiger partial charge in [-0.3, -0.25) is 4.79 Å². The second-order valence-electron chi connectivity index (χ2n) is 3.80. The second-order valence-corrected chi connectivity index (χ2v) is 4.83. The Hall–Kier alpha value is -0.260. The summed E-state index contributed by atoms with van der Waals surface area (Å²) in [6.45, 7) is 2.29. The van der Waals surface area contributed by atoms with Gasteiger partial charge in [-0.1, -0.05) is 0 Å². The molecule has 82 valence electrons. The summed E-state index contributed by atoms with van der Waals surface area (Å²) in [5.41, 5.74) is 5.64. The Bertz CT molecular complexity index is 198. The number of hydrogen-bond donors (Lipinski definition) is 1. The van der Waals surface area contributed by atoms with Crippen LogP contribution in [0.4, 0.5) is 0 Å².